The monoisotopic (exact) mass is 848 g/mol. The van der Waals surface area contributed by atoms with Crippen LogP contribution in [0.3, 0.4) is 0 Å². The Morgan fingerprint density at radius 3 is 1.64 bits per heavy atom. The predicted octanol–water partition coefficient (Wildman–Crippen LogP) is -1.87. The van der Waals surface area contributed by atoms with Crippen molar-refractivity contribution in [1.29, 1.82) is 0 Å². The van der Waals surface area contributed by atoms with Gasteiger partial charge in [-0.25, -0.2) is 0 Å². The Morgan fingerprint density at radius 1 is 0.833 bits per heavy atom. The third-order valence-electron chi connectivity index (χ3n) is 4.65. The Balaban J connectivity index is 3.70. The highest BCUT2D eigenvalue weighted by atomic mass is 127. The van der Waals surface area contributed by atoms with Gasteiger partial charge in [0.1, 0.15) is 0 Å². The zero-order valence-electron chi connectivity index (χ0n) is 19.0. The van der Waals surface area contributed by atoms with Crippen molar-refractivity contribution >= 4 is 97.6 Å². The number of hydrogen-bond acceptors (Lipinski definition) is 9. The zero-order chi connectivity index (χ0) is 27.6. The number of amides is 4. The van der Waals surface area contributed by atoms with Crippen molar-refractivity contribution in [2.24, 2.45) is 0 Å². The molecule has 0 saturated carbocycles. The molecular weight excluding hydrogens is 821 g/mol. The summed E-state index contributed by atoms with van der Waals surface area (Å²) in [5.74, 6) is -1.89. The Kier molecular flexibility index (Phi) is 14.8. The molecule has 4 amide bonds. The van der Waals surface area contributed by atoms with Gasteiger partial charge in [-0.05, 0) is 67.8 Å². The number of nitrogens with one attached hydrogen (secondary N) is 3. The molecule has 0 saturated heterocycles. The van der Waals surface area contributed by atoms with E-state index in [-0.39, 0.29) is 53.7 Å². The third-order valence-corrected chi connectivity index (χ3v) is 7.83. The lowest BCUT2D eigenvalue weighted by Gasteiger charge is -2.29. The van der Waals surface area contributed by atoms with Crippen LogP contribution in [0, 0.1) is 10.7 Å². The quantitative estimate of drug-likeness (QED) is 0.0779. The fourth-order valence-corrected chi connectivity index (χ4v) is 7.58. The minimum atomic E-state index is -1.22. The Bertz CT molecular complexity index is 914. The van der Waals surface area contributed by atoms with Crippen molar-refractivity contribution in [3.8, 4) is 0 Å². The second kappa shape index (κ2) is 16.1. The van der Waals surface area contributed by atoms with Crippen LogP contribution in [0.2, 0.25) is 0 Å². The van der Waals surface area contributed by atoms with Gasteiger partial charge in [0.05, 0.1) is 62.0 Å². The van der Waals surface area contributed by atoms with E-state index >= 15 is 0 Å². The molecule has 3 atom stereocenters. The summed E-state index contributed by atoms with van der Waals surface area (Å²) >= 11 is 5.48. The van der Waals surface area contributed by atoms with Crippen LogP contribution in [0.1, 0.15) is 27.6 Å². The van der Waals surface area contributed by atoms with E-state index < -0.39 is 49.2 Å². The molecule has 1 aromatic rings. The summed E-state index contributed by atoms with van der Waals surface area (Å²) in [5.41, 5.74) is 0.183. The zero-order valence-corrected chi connectivity index (χ0v) is 25.5. The summed E-state index contributed by atoms with van der Waals surface area (Å²) in [7, 11) is 0. The van der Waals surface area contributed by atoms with E-state index in [1.165, 1.54) is 11.8 Å². The predicted molar refractivity (Wildman–Crippen MR) is 154 cm³/mol. The highest BCUT2D eigenvalue weighted by Crippen LogP contribution is 2.38. The highest BCUT2D eigenvalue weighted by molar-refractivity contribution is 14.1. The van der Waals surface area contributed by atoms with Gasteiger partial charge in [0.15, 0.2) is 0 Å². The van der Waals surface area contributed by atoms with Gasteiger partial charge in [0.25, 0.3) is 11.8 Å². The Labute approximate surface area is 247 Å². The van der Waals surface area contributed by atoms with Gasteiger partial charge in [0, 0.05) is 30.1 Å². The number of rotatable bonds is 14. The summed E-state index contributed by atoms with van der Waals surface area (Å²) < 4.78 is 0.758. The van der Waals surface area contributed by atoms with Crippen molar-refractivity contribution in [3.63, 3.8) is 0 Å². The first kappa shape index (κ1) is 33.1. The maximum Gasteiger partial charge on any atom is 0.253 e. The average Bonchev–Trinajstić information content (AvgIpc) is 2.83. The lowest BCUT2D eigenvalue weighted by molar-refractivity contribution is -0.116. The minimum absolute atomic E-state index is 0.0105. The number of nitrogens with zero attached hydrogens (tertiary/aromatic N) is 1. The molecule has 1 rings (SSSR count). The molecule has 13 nitrogen and oxygen atoms in total. The molecule has 0 spiro atoms. The van der Waals surface area contributed by atoms with Crippen LogP contribution in [0.5, 0.6) is 0 Å². The van der Waals surface area contributed by atoms with E-state index in [0.717, 1.165) is 0 Å². The molecule has 16 heteroatoms. The number of carbonyl (C=O) groups excluding carboxylic acids is 4. The normalized spacial score (nSPS) is 13.4. The summed E-state index contributed by atoms with van der Waals surface area (Å²) in [4.78, 5) is 50.5. The van der Waals surface area contributed by atoms with Gasteiger partial charge < -0.3 is 46.4 Å². The summed E-state index contributed by atoms with van der Waals surface area (Å²) in [6.07, 6.45) is -3.21. The largest absolute Gasteiger partial charge is 0.394 e. The SMILES string of the molecule is CC(=O)N(CC(O)CNC=O)c1c(I)c(C(=O)NCC(O)CO)c(I)c(C(=O)NCC(O)CO)c1I. The van der Waals surface area contributed by atoms with Crippen LogP contribution in [-0.4, -0.2) is 107 Å². The van der Waals surface area contributed by atoms with Crippen LogP contribution < -0.4 is 20.9 Å². The minimum Gasteiger partial charge on any atom is -0.394 e. The lowest BCUT2D eigenvalue weighted by atomic mass is 10.1. The van der Waals surface area contributed by atoms with Crippen LogP contribution in [-0.2, 0) is 9.59 Å². The summed E-state index contributed by atoms with van der Waals surface area (Å²) in [6, 6.07) is 0. The number of anilines is 1. The molecule has 0 aliphatic heterocycles. The molecule has 3 unspecified atom stereocenters. The fourth-order valence-electron chi connectivity index (χ4n) is 2.85. The first-order chi connectivity index (χ1) is 16.9. The van der Waals surface area contributed by atoms with Crippen molar-refractivity contribution < 1.29 is 44.7 Å². The molecule has 1 aromatic carbocycles. The van der Waals surface area contributed by atoms with Crippen LogP contribution in [0.4, 0.5) is 5.69 Å². The lowest BCUT2D eigenvalue weighted by Crippen LogP contribution is -2.42. The standard InChI is InChI=1S/C20H27I3N4O9/c1-9(31)27(5-10(32)2-24-8-30)18-16(22)13(19(35)25-3-11(33)6-28)15(21)14(17(18)23)20(36)26-4-12(34)7-29/h8,10-12,28-29,32-34H,2-7H2,1H3,(H,24,30)(H,25,35)(H,26,36). The van der Waals surface area contributed by atoms with E-state index in [4.69, 9.17) is 10.2 Å². The molecule has 0 radical (unpaired) electrons. The third kappa shape index (κ3) is 9.13. The molecule has 36 heavy (non-hydrogen) atoms. The number of aliphatic hydroxyl groups excluding tert-OH is 5. The van der Waals surface area contributed by atoms with Gasteiger partial charge in [-0.2, -0.15) is 0 Å². The van der Waals surface area contributed by atoms with Crippen molar-refractivity contribution in [3.05, 3.63) is 21.8 Å². The molecule has 0 aliphatic carbocycles. The Hall–Kier alpha value is -0.910. The number of hydrogen-bond donors (Lipinski definition) is 8. The second-order valence-corrected chi connectivity index (χ2v) is 10.7. The molecule has 0 heterocycles. The molecular formula is C20H27I3N4O9. The number of carbonyl (C=O) groups is 4. The molecule has 0 fully saturated rings. The first-order valence-electron chi connectivity index (χ1n) is 10.4. The number of aliphatic hydroxyl groups is 5. The average molecular weight is 848 g/mol. The van der Waals surface area contributed by atoms with Crippen molar-refractivity contribution in [2.75, 3.05) is 44.3 Å². The summed E-state index contributed by atoms with van der Waals surface area (Å²) in [6.45, 7) is -0.908. The number of halogens is 3. The molecule has 0 aromatic heterocycles. The second-order valence-electron chi connectivity index (χ2n) is 7.44. The van der Waals surface area contributed by atoms with Crippen LogP contribution in [0.15, 0.2) is 0 Å². The van der Waals surface area contributed by atoms with Gasteiger partial charge in [-0.1, -0.05) is 0 Å². The van der Waals surface area contributed by atoms with Gasteiger partial charge >= 0.3 is 0 Å². The van der Waals surface area contributed by atoms with Crippen LogP contribution in [0.25, 0.3) is 0 Å². The van der Waals surface area contributed by atoms with Gasteiger partial charge in [-0.15, -0.1) is 0 Å². The molecule has 202 valence electrons. The topological polar surface area (TPSA) is 209 Å². The van der Waals surface area contributed by atoms with E-state index in [9.17, 15) is 34.5 Å². The molecule has 8 N–H and O–H groups in total. The van der Waals surface area contributed by atoms with E-state index in [1.807, 2.05) is 45.2 Å². The van der Waals surface area contributed by atoms with E-state index in [2.05, 4.69) is 16.0 Å². The smallest absolute Gasteiger partial charge is 0.253 e. The van der Waals surface area contributed by atoms with Crippen LogP contribution >= 0.6 is 67.8 Å². The number of benzene rings is 1. The van der Waals surface area contributed by atoms with Gasteiger partial charge in [0.2, 0.25) is 12.3 Å². The van der Waals surface area contributed by atoms with E-state index in [0.29, 0.717) is 6.41 Å². The fraction of sp³-hybridized carbons (Fsp3) is 0.500. The molecule has 0 bridgehead atoms. The molecule has 0 aliphatic rings. The van der Waals surface area contributed by atoms with Gasteiger partial charge in [-0.3, -0.25) is 19.2 Å². The summed E-state index contributed by atoms with van der Waals surface area (Å²) in [5, 5.41) is 54.9. The maximum atomic E-state index is 13.1. The first-order valence-corrected chi connectivity index (χ1v) is 13.6. The highest BCUT2D eigenvalue weighted by Gasteiger charge is 2.32. The van der Waals surface area contributed by atoms with Crippen molar-refractivity contribution in [2.45, 2.75) is 25.2 Å². The Morgan fingerprint density at radius 2 is 1.28 bits per heavy atom. The maximum absolute atomic E-state index is 13.1. The van der Waals surface area contributed by atoms with Crippen molar-refractivity contribution in [1.82, 2.24) is 16.0 Å². The van der Waals surface area contributed by atoms with E-state index in [1.54, 1.807) is 22.6 Å².